The third-order valence-corrected chi connectivity index (χ3v) is 6.39. The van der Waals surface area contributed by atoms with Gasteiger partial charge >= 0.3 is 0 Å². The molecule has 32 heavy (non-hydrogen) atoms. The third-order valence-electron chi connectivity index (χ3n) is 6.39. The fraction of sp³-hybridized carbons (Fsp3) is 0.667. The van der Waals surface area contributed by atoms with Crippen molar-refractivity contribution in [2.45, 2.75) is 91.4 Å². The smallest absolute Gasteiger partial charge is 0.211 e. The molecule has 5 nitrogen and oxygen atoms in total. The fourth-order valence-corrected chi connectivity index (χ4v) is 4.19. The standard InChI is InChI=1S/C17H32.C10H13NO4/c1-4-5-6-7-8-9-10-11-17-13-12-15(2)16(3)14-17;1-13-7-4-8(14-2)10(11-6-12)9(5-7)15-3/h17H,4-14H2,1-3H3;4-6H,1-3H3,(H,11,12). The second kappa shape index (κ2) is 16.5. The van der Waals surface area contributed by atoms with Crippen LogP contribution in [0.1, 0.15) is 91.4 Å². The molecule has 182 valence electrons. The molecule has 1 aliphatic rings. The highest BCUT2D eigenvalue weighted by atomic mass is 16.5. The lowest BCUT2D eigenvalue weighted by atomic mass is 9.82. The average Bonchev–Trinajstić information content (AvgIpc) is 2.81. The van der Waals surface area contributed by atoms with E-state index in [2.05, 4.69) is 26.1 Å². The molecule has 1 atom stereocenters. The molecule has 1 aromatic carbocycles. The van der Waals surface area contributed by atoms with Crippen LogP contribution < -0.4 is 19.5 Å². The Labute approximate surface area is 195 Å². The number of rotatable bonds is 13. The molecule has 0 aliphatic heterocycles. The number of methoxy groups -OCH3 is 3. The van der Waals surface area contributed by atoms with E-state index in [1.54, 1.807) is 30.4 Å². The summed E-state index contributed by atoms with van der Waals surface area (Å²) in [6.07, 6.45) is 16.4. The summed E-state index contributed by atoms with van der Waals surface area (Å²) in [5, 5.41) is 2.51. The summed E-state index contributed by atoms with van der Waals surface area (Å²) in [6, 6.07) is 3.32. The zero-order valence-electron chi connectivity index (χ0n) is 21.2. The molecule has 1 N–H and O–H groups in total. The third kappa shape index (κ3) is 9.97. The molecule has 0 heterocycles. The summed E-state index contributed by atoms with van der Waals surface area (Å²) in [4.78, 5) is 10.4. The molecule has 0 saturated carbocycles. The quantitative estimate of drug-likeness (QED) is 0.193. The zero-order chi connectivity index (χ0) is 23.8. The van der Waals surface area contributed by atoms with E-state index < -0.39 is 0 Å². The molecule has 5 heteroatoms. The van der Waals surface area contributed by atoms with Crippen molar-refractivity contribution in [3.63, 3.8) is 0 Å². The molecule has 0 saturated heterocycles. The van der Waals surface area contributed by atoms with Gasteiger partial charge in [0.2, 0.25) is 6.41 Å². The van der Waals surface area contributed by atoms with Crippen molar-refractivity contribution < 1.29 is 19.0 Å². The van der Waals surface area contributed by atoms with Crippen molar-refractivity contribution in [2.24, 2.45) is 5.92 Å². The van der Waals surface area contributed by atoms with Gasteiger partial charge in [-0.3, -0.25) is 4.79 Å². The van der Waals surface area contributed by atoms with Crippen LogP contribution in [0.2, 0.25) is 0 Å². The second-order valence-electron chi connectivity index (χ2n) is 8.75. The van der Waals surface area contributed by atoms with Gasteiger partial charge in [-0.05, 0) is 39.0 Å². The number of carbonyl (C=O) groups excluding carboxylic acids is 1. The van der Waals surface area contributed by atoms with Gasteiger partial charge in [-0.25, -0.2) is 0 Å². The van der Waals surface area contributed by atoms with E-state index in [1.807, 2.05) is 0 Å². The van der Waals surface area contributed by atoms with Gasteiger partial charge < -0.3 is 19.5 Å². The van der Waals surface area contributed by atoms with Crippen LogP contribution in [-0.4, -0.2) is 27.7 Å². The lowest BCUT2D eigenvalue weighted by molar-refractivity contribution is -0.105. The van der Waals surface area contributed by atoms with Gasteiger partial charge in [0, 0.05) is 12.1 Å². The number of hydrogen-bond donors (Lipinski definition) is 1. The Morgan fingerprint density at radius 3 is 2.00 bits per heavy atom. The van der Waals surface area contributed by atoms with Crippen molar-refractivity contribution in [1.82, 2.24) is 0 Å². The summed E-state index contributed by atoms with van der Waals surface area (Å²) in [6.45, 7) is 6.95. The molecule has 1 unspecified atom stereocenters. The van der Waals surface area contributed by atoms with Crippen molar-refractivity contribution in [3.8, 4) is 17.2 Å². The summed E-state index contributed by atoms with van der Waals surface area (Å²) in [7, 11) is 4.55. The van der Waals surface area contributed by atoms with Crippen molar-refractivity contribution in [2.75, 3.05) is 26.6 Å². The molecule has 2 rings (SSSR count). The Morgan fingerprint density at radius 2 is 1.50 bits per heavy atom. The Balaban J connectivity index is 0.000000323. The SMILES string of the molecule is CCCCCCCCCC1CCC(C)=C(C)C1.COc1cc(OC)c(NC=O)c(OC)c1. The highest BCUT2D eigenvalue weighted by Crippen LogP contribution is 2.38. The van der Waals surface area contributed by atoms with Crippen LogP contribution in [-0.2, 0) is 4.79 Å². The molecule has 1 aliphatic carbocycles. The normalized spacial score (nSPS) is 15.5. The summed E-state index contributed by atoms with van der Waals surface area (Å²) >= 11 is 0. The Bertz CT molecular complexity index is 674. The van der Waals surface area contributed by atoms with Crippen LogP contribution in [0.15, 0.2) is 23.3 Å². The van der Waals surface area contributed by atoms with Crippen LogP contribution in [0.25, 0.3) is 0 Å². The molecule has 0 fully saturated rings. The largest absolute Gasteiger partial charge is 0.496 e. The average molecular weight is 448 g/mol. The number of allylic oxidation sites excluding steroid dienone is 2. The maximum atomic E-state index is 10.4. The van der Waals surface area contributed by atoms with E-state index in [-0.39, 0.29) is 0 Å². The number of anilines is 1. The first-order chi connectivity index (χ1) is 15.5. The summed E-state index contributed by atoms with van der Waals surface area (Å²) in [5.41, 5.74) is 3.83. The molecule has 0 radical (unpaired) electrons. The Morgan fingerprint density at radius 1 is 0.906 bits per heavy atom. The first-order valence-corrected chi connectivity index (χ1v) is 12.2. The Hall–Kier alpha value is -2.17. The van der Waals surface area contributed by atoms with Crippen LogP contribution >= 0.6 is 0 Å². The minimum atomic E-state index is 0.482. The number of nitrogens with one attached hydrogen (secondary N) is 1. The molecule has 0 bridgehead atoms. The molecule has 0 aromatic heterocycles. The summed E-state index contributed by atoms with van der Waals surface area (Å²) in [5.74, 6) is 2.58. The zero-order valence-corrected chi connectivity index (χ0v) is 21.2. The predicted molar refractivity (Wildman–Crippen MR) is 134 cm³/mol. The topological polar surface area (TPSA) is 56.8 Å². The number of hydrogen-bond acceptors (Lipinski definition) is 4. The molecule has 0 spiro atoms. The van der Waals surface area contributed by atoms with E-state index >= 15 is 0 Å². The molecule has 1 aromatic rings. The van der Waals surface area contributed by atoms with E-state index in [1.165, 1.54) is 84.8 Å². The minimum absolute atomic E-state index is 0.482. The maximum Gasteiger partial charge on any atom is 0.211 e. The molecular weight excluding hydrogens is 402 g/mol. The highest BCUT2D eigenvalue weighted by Gasteiger charge is 2.15. The molecule has 1 amide bonds. The number of unbranched alkanes of at least 4 members (excludes halogenated alkanes) is 6. The van der Waals surface area contributed by atoms with Gasteiger partial charge in [-0.1, -0.05) is 69.4 Å². The van der Waals surface area contributed by atoms with Gasteiger partial charge in [-0.2, -0.15) is 0 Å². The van der Waals surface area contributed by atoms with Crippen LogP contribution in [0.4, 0.5) is 5.69 Å². The monoisotopic (exact) mass is 447 g/mol. The number of benzene rings is 1. The van der Waals surface area contributed by atoms with Crippen molar-refractivity contribution in [1.29, 1.82) is 0 Å². The van der Waals surface area contributed by atoms with Crippen LogP contribution in [0, 0.1) is 5.92 Å². The van der Waals surface area contributed by atoms with Gasteiger partial charge in [-0.15, -0.1) is 0 Å². The first kappa shape index (κ1) is 27.9. The summed E-state index contributed by atoms with van der Waals surface area (Å²) < 4.78 is 15.3. The van der Waals surface area contributed by atoms with E-state index in [0.29, 0.717) is 29.3 Å². The van der Waals surface area contributed by atoms with Crippen LogP contribution in [0.5, 0.6) is 17.2 Å². The van der Waals surface area contributed by atoms with Crippen molar-refractivity contribution in [3.05, 3.63) is 23.3 Å². The lowest BCUT2D eigenvalue weighted by Gasteiger charge is -2.24. The van der Waals surface area contributed by atoms with Gasteiger partial charge in [0.25, 0.3) is 0 Å². The van der Waals surface area contributed by atoms with Gasteiger partial charge in [0.15, 0.2) is 0 Å². The maximum absolute atomic E-state index is 10.4. The number of carbonyl (C=O) groups is 1. The minimum Gasteiger partial charge on any atom is -0.496 e. The lowest BCUT2D eigenvalue weighted by Crippen LogP contribution is -2.08. The van der Waals surface area contributed by atoms with E-state index in [0.717, 1.165) is 5.92 Å². The first-order valence-electron chi connectivity index (χ1n) is 12.2. The van der Waals surface area contributed by atoms with Gasteiger partial charge in [0.05, 0.1) is 21.3 Å². The number of amides is 1. The second-order valence-corrected chi connectivity index (χ2v) is 8.75. The fourth-order valence-electron chi connectivity index (χ4n) is 4.19. The number of ether oxygens (including phenoxy) is 3. The van der Waals surface area contributed by atoms with Crippen molar-refractivity contribution >= 4 is 12.1 Å². The van der Waals surface area contributed by atoms with E-state index in [9.17, 15) is 4.79 Å². The van der Waals surface area contributed by atoms with E-state index in [4.69, 9.17) is 14.2 Å². The van der Waals surface area contributed by atoms with Gasteiger partial charge in [0.1, 0.15) is 22.9 Å². The highest BCUT2D eigenvalue weighted by molar-refractivity contribution is 5.81. The Kier molecular flexibility index (Phi) is 14.3. The molecular formula is C27H45NO4. The predicted octanol–water partition coefficient (Wildman–Crippen LogP) is 7.54. The van der Waals surface area contributed by atoms with Crippen LogP contribution in [0.3, 0.4) is 0 Å².